The number of rotatable bonds is 5. The highest BCUT2D eigenvalue weighted by Gasteiger charge is 2.20. The van der Waals surface area contributed by atoms with Crippen LogP contribution in [0.4, 0.5) is 0 Å². The molecular formula is C10H19NO3. The van der Waals surface area contributed by atoms with Gasteiger partial charge < -0.3 is 15.6 Å². The van der Waals surface area contributed by atoms with Crippen molar-refractivity contribution < 1.29 is 14.6 Å². The minimum Gasteiger partial charge on any atom is -0.463 e. The number of aliphatic hydroxyl groups is 1. The molecule has 1 saturated carbocycles. The molecule has 1 atom stereocenters. The molecule has 0 spiro atoms. The summed E-state index contributed by atoms with van der Waals surface area (Å²) >= 11 is 0. The van der Waals surface area contributed by atoms with E-state index in [0.29, 0.717) is 19.1 Å². The first-order valence-corrected chi connectivity index (χ1v) is 5.29. The molecule has 14 heavy (non-hydrogen) atoms. The smallest absolute Gasteiger partial charge is 0.335 e. The summed E-state index contributed by atoms with van der Waals surface area (Å²) < 4.78 is 5.00. The largest absolute Gasteiger partial charge is 0.463 e. The molecule has 0 aromatic heterocycles. The van der Waals surface area contributed by atoms with Gasteiger partial charge in [-0.2, -0.15) is 0 Å². The highest BCUT2D eigenvalue weighted by Crippen LogP contribution is 2.24. The van der Waals surface area contributed by atoms with Gasteiger partial charge in [0.2, 0.25) is 0 Å². The van der Waals surface area contributed by atoms with Gasteiger partial charge in [-0.25, -0.2) is 4.79 Å². The van der Waals surface area contributed by atoms with Gasteiger partial charge in [0.25, 0.3) is 0 Å². The SMILES string of the molecule is NCC[C@H](O)C(=O)OCC1CCCC1. The second-order valence-corrected chi connectivity index (χ2v) is 3.87. The quantitative estimate of drug-likeness (QED) is 0.633. The van der Waals surface area contributed by atoms with E-state index in [2.05, 4.69) is 0 Å². The van der Waals surface area contributed by atoms with Gasteiger partial charge in [0.05, 0.1) is 6.61 Å². The van der Waals surface area contributed by atoms with Gasteiger partial charge in [0, 0.05) is 0 Å². The van der Waals surface area contributed by atoms with Crippen LogP contribution in [0.25, 0.3) is 0 Å². The van der Waals surface area contributed by atoms with E-state index in [4.69, 9.17) is 10.5 Å². The molecule has 0 bridgehead atoms. The van der Waals surface area contributed by atoms with Gasteiger partial charge in [-0.1, -0.05) is 12.8 Å². The Bertz CT molecular complexity index is 178. The van der Waals surface area contributed by atoms with Gasteiger partial charge in [0.1, 0.15) is 0 Å². The number of hydrogen-bond donors (Lipinski definition) is 2. The van der Waals surface area contributed by atoms with Crippen molar-refractivity contribution >= 4 is 5.97 Å². The van der Waals surface area contributed by atoms with E-state index in [0.717, 1.165) is 12.8 Å². The van der Waals surface area contributed by atoms with Crippen molar-refractivity contribution in [2.24, 2.45) is 11.7 Å². The maximum atomic E-state index is 11.2. The van der Waals surface area contributed by atoms with Crippen LogP contribution in [-0.4, -0.2) is 30.3 Å². The lowest BCUT2D eigenvalue weighted by Crippen LogP contribution is -2.27. The summed E-state index contributed by atoms with van der Waals surface area (Å²) in [5.74, 6) is -0.0219. The van der Waals surface area contributed by atoms with E-state index in [1.54, 1.807) is 0 Å². The fourth-order valence-electron chi connectivity index (χ4n) is 1.75. The highest BCUT2D eigenvalue weighted by atomic mass is 16.5. The number of ether oxygens (including phenoxy) is 1. The number of hydrogen-bond acceptors (Lipinski definition) is 4. The number of carbonyl (C=O) groups excluding carboxylic acids is 1. The van der Waals surface area contributed by atoms with Crippen molar-refractivity contribution in [1.82, 2.24) is 0 Å². The molecule has 4 nitrogen and oxygen atoms in total. The average molecular weight is 201 g/mol. The molecular weight excluding hydrogens is 182 g/mol. The molecule has 0 saturated heterocycles. The third kappa shape index (κ3) is 3.64. The zero-order valence-electron chi connectivity index (χ0n) is 8.45. The van der Waals surface area contributed by atoms with Crippen LogP contribution in [0.1, 0.15) is 32.1 Å². The Balaban J connectivity index is 2.13. The predicted molar refractivity (Wildman–Crippen MR) is 52.6 cm³/mol. The number of nitrogens with two attached hydrogens (primary N) is 1. The van der Waals surface area contributed by atoms with Crippen LogP contribution in [0.5, 0.6) is 0 Å². The molecule has 0 amide bonds. The number of esters is 1. The van der Waals surface area contributed by atoms with Crippen LogP contribution < -0.4 is 5.73 Å². The third-order valence-electron chi connectivity index (χ3n) is 2.65. The Morgan fingerprint density at radius 3 is 2.71 bits per heavy atom. The van der Waals surface area contributed by atoms with Crippen LogP contribution in [0.3, 0.4) is 0 Å². The highest BCUT2D eigenvalue weighted by molar-refractivity contribution is 5.74. The molecule has 82 valence electrons. The predicted octanol–water partition coefficient (Wildman–Crippen LogP) is 0.429. The van der Waals surface area contributed by atoms with Crippen molar-refractivity contribution in [3.8, 4) is 0 Å². The lowest BCUT2D eigenvalue weighted by atomic mass is 10.1. The van der Waals surface area contributed by atoms with Crippen molar-refractivity contribution in [1.29, 1.82) is 0 Å². The normalized spacial score (nSPS) is 19.6. The van der Waals surface area contributed by atoms with Crippen molar-refractivity contribution in [2.45, 2.75) is 38.2 Å². The first-order valence-electron chi connectivity index (χ1n) is 5.29. The summed E-state index contributed by atoms with van der Waals surface area (Å²) in [6, 6.07) is 0. The van der Waals surface area contributed by atoms with E-state index >= 15 is 0 Å². The molecule has 1 aliphatic carbocycles. The Labute approximate surface area is 84.4 Å². The second-order valence-electron chi connectivity index (χ2n) is 3.87. The van der Waals surface area contributed by atoms with Crippen LogP contribution in [0.2, 0.25) is 0 Å². The van der Waals surface area contributed by atoms with Crippen molar-refractivity contribution in [3.63, 3.8) is 0 Å². The Morgan fingerprint density at radius 2 is 2.14 bits per heavy atom. The zero-order chi connectivity index (χ0) is 10.4. The van der Waals surface area contributed by atoms with E-state index in [1.807, 2.05) is 0 Å². The molecule has 3 N–H and O–H groups in total. The summed E-state index contributed by atoms with van der Waals surface area (Å²) in [5, 5.41) is 9.24. The lowest BCUT2D eigenvalue weighted by Gasteiger charge is -2.12. The van der Waals surface area contributed by atoms with Crippen LogP contribution in [0.15, 0.2) is 0 Å². The van der Waals surface area contributed by atoms with Gasteiger partial charge >= 0.3 is 5.97 Å². The Morgan fingerprint density at radius 1 is 1.50 bits per heavy atom. The van der Waals surface area contributed by atoms with Crippen LogP contribution in [-0.2, 0) is 9.53 Å². The fraction of sp³-hybridized carbons (Fsp3) is 0.900. The molecule has 0 radical (unpaired) electrons. The molecule has 4 heteroatoms. The van der Waals surface area contributed by atoms with E-state index < -0.39 is 12.1 Å². The average Bonchev–Trinajstić information content (AvgIpc) is 2.67. The van der Waals surface area contributed by atoms with Gasteiger partial charge in [0.15, 0.2) is 6.10 Å². The van der Waals surface area contributed by atoms with E-state index in [-0.39, 0.29) is 6.42 Å². The standard InChI is InChI=1S/C10H19NO3/c11-6-5-9(12)10(13)14-7-8-3-1-2-4-8/h8-9,12H,1-7,11H2/t9-/m0/s1. The monoisotopic (exact) mass is 201 g/mol. The number of aliphatic hydroxyl groups excluding tert-OH is 1. The number of carbonyl (C=O) groups is 1. The maximum Gasteiger partial charge on any atom is 0.335 e. The minimum absolute atomic E-state index is 0.281. The summed E-state index contributed by atoms with van der Waals surface area (Å²) in [6.45, 7) is 0.764. The van der Waals surface area contributed by atoms with E-state index in [9.17, 15) is 9.90 Å². The summed E-state index contributed by atoms with van der Waals surface area (Å²) in [6.07, 6.45) is 3.98. The van der Waals surface area contributed by atoms with Gasteiger partial charge in [-0.3, -0.25) is 0 Å². The minimum atomic E-state index is -1.04. The van der Waals surface area contributed by atoms with E-state index in [1.165, 1.54) is 12.8 Å². The molecule has 0 aromatic carbocycles. The summed E-state index contributed by atoms with van der Waals surface area (Å²) in [5.41, 5.74) is 5.22. The van der Waals surface area contributed by atoms with Crippen LogP contribution in [0, 0.1) is 5.92 Å². The van der Waals surface area contributed by atoms with Crippen LogP contribution >= 0.6 is 0 Å². The van der Waals surface area contributed by atoms with Gasteiger partial charge in [-0.15, -0.1) is 0 Å². The molecule has 0 unspecified atom stereocenters. The topological polar surface area (TPSA) is 72.5 Å². The van der Waals surface area contributed by atoms with Crippen molar-refractivity contribution in [2.75, 3.05) is 13.2 Å². The zero-order valence-corrected chi connectivity index (χ0v) is 8.45. The Kier molecular flexibility index (Phi) is 4.90. The Hall–Kier alpha value is -0.610. The second kappa shape index (κ2) is 5.98. The first kappa shape index (κ1) is 11.5. The molecule has 1 aliphatic rings. The fourth-order valence-corrected chi connectivity index (χ4v) is 1.75. The summed E-state index contributed by atoms with van der Waals surface area (Å²) in [7, 11) is 0. The molecule has 1 rings (SSSR count). The molecule has 1 fully saturated rings. The van der Waals surface area contributed by atoms with Gasteiger partial charge in [-0.05, 0) is 31.7 Å². The van der Waals surface area contributed by atoms with Crippen molar-refractivity contribution in [3.05, 3.63) is 0 Å². The summed E-state index contributed by atoms with van der Waals surface area (Å²) in [4.78, 5) is 11.2. The third-order valence-corrected chi connectivity index (χ3v) is 2.65. The lowest BCUT2D eigenvalue weighted by molar-refractivity contribution is -0.155. The molecule has 0 aromatic rings. The molecule has 0 aliphatic heterocycles. The first-order chi connectivity index (χ1) is 6.74. The maximum absolute atomic E-state index is 11.2. The molecule has 0 heterocycles.